The number of rotatable bonds is 5. The number of carbonyl (C=O) groups excluding carboxylic acids is 1. The van der Waals surface area contributed by atoms with Gasteiger partial charge >= 0.3 is 0 Å². The smallest absolute Gasteiger partial charge is 0.220 e. The molecule has 1 aliphatic rings. The second kappa shape index (κ2) is 5.19. The molecular weight excluding hydrogens is 245 g/mol. The standard InChI is InChI=1S/C15H20FNO2/c1-8(9(2)15(17)18)11-7-12(11)13-6-10(19-3)4-5-14(13)16/h4-6,8-9,11-12H,7H2,1-3H3,(H2,17,18). The van der Waals surface area contributed by atoms with Crippen LogP contribution in [0.25, 0.3) is 0 Å². The van der Waals surface area contributed by atoms with E-state index in [1.807, 2.05) is 13.8 Å². The van der Waals surface area contributed by atoms with Gasteiger partial charge in [0.15, 0.2) is 0 Å². The van der Waals surface area contributed by atoms with E-state index in [-0.39, 0.29) is 29.5 Å². The van der Waals surface area contributed by atoms with Crippen molar-refractivity contribution in [2.45, 2.75) is 26.2 Å². The number of hydrogen-bond donors (Lipinski definition) is 1. The quantitative estimate of drug-likeness (QED) is 0.890. The van der Waals surface area contributed by atoms with E-state index in [1.54, 1.807) is 19.2 Å². The van der Waals surface area contributed by atoms with Gasteiger partial charge in [0, 0.05) is 5.92 Å². The highest BCUT2D eigenvalue weighted by Gasteiger charge is 2.45. The lowest BCUT2D eigenvalue weighted by Crippen LogP contribution is -2.27. The second-order valence-corrected chi connectivity index (χ2v) is 5.44. The highest BCUT2D eigenvalue weighted by molar-refractivity contribution is 5.76. The monoisotopic (exact) mass is 265 g/mol. The summed E-state index contributed by atoms with van der Waals surface area (Å²) in [6.07, 6.45) is 0.906. The molecule has 3 nitrogen and oxygen atoms in total. The van der Waals surface area contributed by atoms with Crippen molar-refractivity contribution in [1.82, 2.24) is 0 Å². The normalized spacial score (nSPS) is 24.6. The van der Waals surface area contributed by atoms with Gasteiger partial charge in [-0.2, -0.15) is 0 Å². The molecule has 0 aliphatic heterocycles. The number of amides is 1. The summed E-state index contributed by atoms with van der Waals surface area (Å²) in [5.74, 6) is 0.668. The summed E-state index contributed by atoms with van der Waals surface area (Å²) in [6, 6.07) is 4.80. The Hall–Kier alpha value is -1.58. The summed E-state index contributed by atoms with van der Waals surface area (Å²) in [7, 11) is 1.57. The zero-order valence-electron chi connectivity index (χ0n) is 11.5. The van der Waals surface area contributed by atoms with Crippen molar-refractivity contribution in [2.75, 3.05) is 7.11 Å². The Labute approximate surface area is 112 Å². The van der Waals surface area contributed by atoms with E-state index < -0.39 is 0 Å². The first-order valence-corrected chi connectivity index (χ1v) is 6.58. The zero-order chi connectivity index (χ0) is 14.2. The molecule has 19 heavy (non-hydrogen) atoms. The lowest BCUT2D eigenvalue weighted by atomic mass is 9.89. The van der Waals surface area contributed by atoms with Gasteiger partial charge in [-0.15, -0.1) is 0 Å². The Bertz CT molecular complexity index is 489. The molecule has 0 saturated heterocycles. The van der Waals surface area contributed by atoms with E-state index in [4.69, 9.17) is 10.5 Å². The molecule has 1 aromatic rings. The number of hydrogen-bond acceptors (Lipinski definition) is 2. The molecule has 4 atom stereocenters. The third kappa shape index (κ3) is 2.72. The zero-order valence-corrected chi connectivity index (χ0v) is 11.5. The van der Waals surface area contributed by atoms with Gasteiger partial charge in [0.1, 0.15) is 11.6 Å². The molecule has 4 heteroatoms. The van der Waals surface area contributed by atoms with Crippen molar-refractivity contribution in [3.8, 4) is 5.75 Å². The maximum atomic E-state index is 13.8. The van der Waals surface area contributed by atoms with Crippen molar-refractivity contribution in [3.63, 3.8) is 0 Å². The van der Waals surface area contributed by atoms with E-state index in [0.29, 0.717) is 17.2 Å². The molecule has 1 aromatic carbocycles. The van der Waals surface area contributed by atoms with Crippen molar-refractivity contribution < 1.29 is 13.9 Å². The molecule has 2 rings (SSSR count). The van der Waals surface area contributed by atoms with E-state index in [1.165, 1.54) is 6.07 Å². The maximum Gasteiger partial charge on any atom is 0.220 e. The van der Waals surface area contributed by atoms with Gasteiger partial charge in [-0.05, 0) is 47.9 Å². The van der Waals surface area contributed by atoms with Crippen LogP contribution in [0.3, 0.4) is 0 Å². The number of ether oxygens (including phenoxy) is 1. The Morgan fingerprint density at radius 3 is 2.74 bits per heavy atom. The molecule has 1 fully saturated rings. The topological polar surface area (TPSA) is 52.3 Å². The molecule has 0 heterocycles. The van der Waals surface area contributed by atoms with Crippen LogP contribution in [0, 0.1) is 23.6 Å². The highest BCUT2D eigenvalue weighted by Crippen LogP contribution is 2.54. The molecule has 4 unspecified atom stereocenters. The minimum Gasteiger partial charge on any atom is -0.497 e. The fourth-order valence-corrected chi connectivity index (χ4v) is 2.72. The summed E-state index contributed by atoms with van der Waals surface area (Å²) in [4.78, 5) is 11.2. The first-order valence-electron chi connectivity index (χ1n) is 6.58. The largest absolute Gasteiger partial charge is 0.497 e. The predicted octanol–water partition coefficient (Wildman–Crippen LogP) is 2.70. The molecule has 104 valence electrons. The van der Waals surface area contributed by atoms with Crippen LogP contribution < -0.4 is 10.5 Å². The molecule has 1 saturated carbocycles. The molecule has 0 bridgehead atoms. The number of nitrogens with two attached hydrogens (primary N) is 1. The molecule has 0 radical (unpaired) electrons. The predicted molar refractivity (Wildman–Crippen MR) is 71.3 cm³/mol. The van der Waals surface area contributed by atoms with Crippen LogP contribution >= 0.6 is 0 Å². The van der Waals surface area contributed by atoms with Gasteiger partial charge in [0.25, 0.3) is 0 Å². The number of carbonyl (C=O) groups is 1. The Morgan fingerprint density at radius 1 is 1.47 bits per heavy atom. The van der Waals surface area contributed by atoms with Gasteiger partial charge in [-0.25, -0.2) is 4.39 Å². The fourth-order valence-electron chi connectivity index (χ4n) is 2.72. The first-order chi connectivity index (χ1) is 8.95. The van der Waals surface area contributed by atoms with E-state index in [9.17, 15) is 9.18 Å². The second-order valence-electron chi connectivity index (χ2n) is 5.44. The van der Waals surface area contributed by atoms with Crippen molar-refractivity contribution in [2.24, 2.45) is 23.5 Å². The molecule has 0 spiro atoms. The third-order valence-corrected chi connectivity index (χ3v) is 4.36. The molecular formula is C15H20FNO2. The van der Waals surface area contributed by atoms with E-state index in [0.717, 1.165) is 6.42 Å². The Kier molecular flexibility index (Phi) is 3.78. The van der Waals surface area contributed by atoms with Crippen LogP contribution in [-0.2, 0) is 4.79 Å². The summed E-state index contributed by atoms with van der Waals surface area (Å²) in [5.41, 5.74) is 6.02. The fraction of sp³-hybridized carbons (Fsp3) is 0.533. The number of methoxy groups -OCH3 is 1. The van der Waals surface area contributed by atoms with Crippen LogP contribution in [0.15, 0.2) is 18.2 Å². The van der Waals surface area contributed by atoms with Gasteiger partial charge in [-0.1, -0.05) is 13.8 Å². The third-order valence-electron chi connectivity index (χ3n) is 4.36. The lowest BCUT2D eigenvalue weighted by molar-refractivity contribution is -0.122. The van der Waals surface area contributed by atoms with Gasteiger partial charge in [0.05, 0.1) is 7.11 Å². The van der Waals surface area contributed by atoms with Gasteiger partial charge in [0.2, 0.25) is 5.91 Å². The number of halogens is 1. The van der Waals surface area contributed by atoms with Crippen LogP contribution in [0.4, 0.5) is 4.39 Å². The van der Waals surface area contributed by atoms with Crippen LogP contribution in [0.1, 0.15) is 31.7 Å². The average Bonchev–Trinajstić information content (AvgIpc) is 3.17. The van der Waals surface area contributed by atoms with Crippen molar-refractivity contribution >= 4 is 5.91 Å². The minimum atomic E-state index is -0.288. The molecule has 2 N–H and O–H groups in total. The van der Waals surface area contributed by atoms with Crippen LogP contribution in [-0.4, -0.2) is 13.0 Å². The Balaban J connectivity index is 2.12. The van der Waals surface area contributed by atoms with Crippen molar-refractivity contribution in [3.05, 3.63) is 29.6 Å². The van der Waals surface area contributed by atoms with Gasteiger partial charge < -0.3 is 10.5 Å². The number of benzene rings is 1. The summed E-state index contributed by atoms with van der Waals surface area (Å²) < 4.78 is 19.0. The number of primary amides is 1. The summed E-state index contributed by atoms with van der Waals surface area (Å²) >= 11 is 0. The van der Waals surface area contributed by atoms with Crippen molar-refractivity contribution in [1.29, 1.82) is 0 Å². The average molecular weight is 265 g/mol. The molecule has 1 amide bonds. The summed E-state index contributed by atoms with van der Waals surface area (Å²) in [6.45, 7) is 3.85. The maximum absolute atomic E-state index is 13.8. The SMILES string of the molecule is COc1ccc(F)c(C2CC2C(C)C(C)C(N)=O)c1. The van der Waals surface area contributed by atoms with Gasteiger partial charge in [-0.3, -0.25) is 4.79 Å². The molecule has 0 aromatic heterocycles. The van der Waals surface area contributed by atoms with E-state index >= 15 is 0 Å². The van der Waals surface area contributed by atoms with Crippen LogP contribution in [0.2, 0.25) is 0 Å². The summed E-state index contributed by atoms with van der Waals surface area (Å²) in [5, 5.41) is 0. The van der Waals surface area contributed by atoms with E-state index in [2.05, 4.69) is 0 Å². The highest BCUT2D eigenvalue weighted by atomic mass is 19.1. The first kappa shape index (κ1) is 13.8. The Morgan fingerprint density at radius 2 is 2.16 bits per heavy atom. The lowest BCUT2D eigenvalue weighted by Gasteiger charge is -2.17. The minimum absolute atomic E-state index is 0.173. The van der Waals surface area contributed by atoms with Crippen LogP contribution in [0.5, 0.6) is 5.75 Å². The molecule has 1 aliphatic carbocycles.